The molecule has 5 nitrogen and oxygen atoms in total. The maximum atomic E-state index is 12.3. The van der Waals surface area contributed by atoms with Crippen molar-refractivity contribution in [2.45, 2.75) is 20.4 Å². The van der Waals surface area contributed by atoms with Gasteiger partial charge in [-0.2, -0.15) is 5.10 Å². The van der Waals surface area contributed by atoms with E-state index in [1.54, 1.807) is 10.7 Å². The third kappa shape index (κ3) is 2.56. The van der Waals surface area contributed by atoms with E-state index in [1.165, 1.54) is 6.20 Å². The summed E-state index contributed by atoms with van der Waals surface area (Å²) in [5.74, 6) is -0.312. The third-order valence-corrected chi connectivity index (χ3v) is 3.16. The molecule has 0 spiro atoms. The second-order valence-electron chi connectivity index (χ2n) is 4.15. The van der Waals surface area contributed by atoms with Gasteiger partial charge in [0.2, 0.25) is 0 Å². The molecule has 0 atom stereocenters. The van der Waals surface area contributed by atoms with E-state index < -0.39 is 0 Å². The fourth-order valence-electron chi connectivity index (χ4n) is 1.85. The molecule has 100 valence electrons. The third-order valence-electron chi connectivity index (χ3n) is 2.84. The number of para-hydroxylation sites is 1. The Morgan fingerprint density at radius 3 is 2.89 bits per heavy atom. The fourth-order valence-corrected chi connectivity index (χ4v) is 2.12. The van der Waals surface area contributed by atoms with E-state index >= 15 is 0 Å². The Labute approximate surface area is 116 Å². The molecule has 1 heterocycles. The second kappa shape index (κ2) is 5.32. The number of carbonyl (C=O) groups excluding carboxylic acids is 1. The Bertz CT molecular complexity index is 601. The van der Waals surface area contributed by atoms with Crippen LogP contribution in [0.5, 0.6) is 0 Å². The Balaban J connectivity index is 2.34. The zero-order valence-electron chi connectivity index (χ0n) is 10.8. The number of nitrogens with two attached hydrogens (primary N) is 1. The first-order valence-electron chi connectivity index (χ1n) is 5.92. The minimum Gasteiger partial charge on any atom is -0.396 e. The molecule has 2 rings (SSSR count). The van der Waals surface area contributed by atoms with Gasteiger partial charge in [-0.25, -0.2) is 0 Å². The van der Waals surface area contributed by atoms with Gasteiger partial charge in [-0.3, -0.25) is 9.48 Å². The topological polar surface area (TPSA) is 72.9 Å². The average Bonchev–Trinajstić information content (AvgIpc) is 2.75. The van der Waals surface area contributed by atoms with E-state index in [1.807, 2.05) is 26.0 Å². The van der Waals surface area contributed by atoms with Crippen molar-refractivity contribution in [1.29, 1.82) is 0 Å². The number of anilines is 2. The van der Waals surface area contributed by atoms with Crippen molar-refractivity contribution in [1.82, 2.24) is 9.78 Å². The molecular formula is C13H15ClN4O. The maximum absolute atomic E-state index is 12.3. The largest absolute Gasteiger partial charge is 0.396 e. The number of nitrogens with zero attached hydrogens (tertiary/aromatic N) is 2. The average molecular weight is 279 g/mol. The summed E-state index contributed by atoms with van der Waals surface area (Å²) in [5, 5.41) is 7.32. The van der Waals surface area contributed by atoms with Crippen LogP contribution >= 0.6 is 11.6 Å². The monoisotopic (exact) mass is 278 g/mol. The van der Waals surface area contributed by atoms with Crippen molar-refractivity contribution in [3.63, 3.8) is 0 Å². The molecule has 0 saturated carbocycles. The van der Waals surface area contributed by atoms with Gasteiger partial charge in [0.05, 0.1) is 22.6 Å². The van der Waals surface area contributed by atoms with Gasteiger partial charge in [0.1, 0.15) is 5.69 Å². The van der Waals surface area contributed by atoms with Crippen LogP contribution in [0.25, 0.3) is 0 Å². The van der Waals surface area contributed by atoms with E-state index in [0.717, 1.165) is 5.56 Å². The summed E-state index contributed by atoms with van der Waals surface area (Å²) in [4.78, 5) is 12.3. The molecule has 19 heavy (non-hydrogen) atoms. The first-order valence-corrected chi connectivity index (χ1v) is 6.30. The van der Waals surface area contributed by atoms with E-state index in [9.17, 15) is 4.79 Å². The van der Waals surface area contributed by atoms with Crippen molar-refractivity contribution in [3.8, 4) is 0 Å². The van der Waals surface area contributed by atoms with Crippen LogP contribution in [-0.4, -0.2) is 15.7 Å². The number of aromatic nitrogens is 2. The highest BCUT2D eigenvalue weighted by Gasteiger charge is 2.17. The molecule has 0 fully saturated rings. The quantitative estimate of drug-likeness (QED) is 0.907. The predicted octanol–water partition coefficient (Wildman–Crippen LogP) is 2.70. The van der Waals surface area contributed by atoms with E-state index in [-0.39, 0.29) is 5.91 Å². The summed E-state index contributed by atoms with van der Waals surface area (Å²) in [6.45, 7) is 4.34. The molecule has 2 aromatic rings. The molecule has 6 heteroatoms. The summed E-state index contributed by atoms with van der Waals surface area (Å²) < 4.78 is 1.55. The molecular weight excluding hydrogens is 264 g/mol. The number of nitrogens with one attached hydrogen (secondary N) is 1. The second-order valence-corrected chi connectivity index (χ2v) is 4.56. The van der Waals surface area contributed by atoms with Crippen molar-refractivity contribution in [2.24, 2.45) is 0 Å². The number of hydrogen-bond acceptors (Lipinski definition) is 3. The first-order chi connectivity index (χ1) is 9.04. The number of amides is 1. The Morgan fingerprint density at radius 1 is 1.53 bits per heavy atom. The molecule has 0 aliphatic carbocycles. The smallest absolute Gasteiger partial charge is 0.276 e. The number of carbonyl (C=O) groups is 1. The van der Waals surface area contributed by atoms with E-state index in [0.29, 0.717) is 28.6 Å². The van der Waals surface area contributed by atoms with Gasteiger partial charge in [0.25, 0.3) is 5.91 Å². The molecule has 0 radical (unpaired) electrons. The van der Waals surface area contributed by atoms with Crippen LogP contribution in [0.4, 0.5) is 11.4 Å². The van der Waals surface area contributed by atoms with Crippen molar-refractivity contribution >= 4 is 28.9 Å². The molecule has 1 aromatic carbocycles. The fraction of sp³-hybridized carbons (Fsp3) is 0.231. The molecule has 3 N–H and O–H groups in total. The highest BCUT2D eigenvalue weighted by atomic mass is 35.5. The van der Waals surface area contributed by atoms with E-state index in [4.69, 9.17) is 17.3 Å². The van der Waals surface area contributed by atoms with E-state index in [2.05, 4.69) is 10.4 Å². The molecule has 0 saturated heterocycles. The van der Waals surface area contributed by atoms with Crippen LogP contribution in [0.15, 0.2) is 24.4 Å². The molecule has 0 unspecified atom stereocenters. The predicted molar refractivity (Wildman–Crippen MR) is 76.5 cm³/mol. The van der Waals surface area contributed by atoms with Gasteiger partial charge >= 0.3 is 0 Å². The van der Waals surface area contributed by atoms with Gasteiger partial charge in [0.15, 0.2) is 0 Å². The number of halogens is 1. The summed E-state index contributed by atoms with van der Waals surface area (Å²) in [7, 11) is 0. The zero-order chi connectivity index (χ0) is 14.0. The number of rotatable bonds is 3. The molecule has 0 bridgehead atoms. The van der Waals surface area contributed by atoms with Crippen molar-refractivity contribution < 1.29 is 4.79 Å². The lowest BCUT2D eigenvalue weighted by Crippen LogP contribution is -2.19. The van der Waals surface area contributed by atoms with Crippen LogP contribution in [0.2, 0.25) is 5.02 Å². The Morgan fingerprint density at radius 2 is 2.26 bits per heavy atom. The van der Waals surface area contributed by atoms with Crippen LogP contribution in [-0.2, 0) is 6.54 Å². The maximum Gasteiger partial charge on any atom is 0.276 e. The number of nitrogen functional groups attached to an aromatic ring is 1. The molecule has 0 aliphatic heterocycles. The lowest BCUT2D eigenvalue weighted by atomic mass is 10.2. The van der Waals surface area contributed by atoms with Crippen LogP contribution in [0.1, 0.15) is 23.0 Å². The van der Waals surface area contributed by atoms with Crippen LogP contribution in [0.3, 0.4) is 0 Å². The summed E-state index contributed by atoms with van der Waals surface area (Å²) >= 11 is 6.08. The van der Waals surface area contributed by atoms with Gasteiger partial charge in [-0.1, -0.05) is 23.7 Å². The normalized spacial score (nSPS) is 10.5. The lowest BCUT2D eigenvalue weighted by molar-refractivity contribution is 0.101. The zero-order valence-corrected chi connectivity index (χ0v) is 11.5. The molecule has 1 aromatic heterocycles. The Kier molecular flexibility index (Phi) is 3.76. The highest BCUT2D eigenvalue weighted by Crippen LogP contribution is 2.26. The lowest BCUT2D eigenvalue weighted by Gasteiger charge is -2.11. The number of benzene rings is 1. The minimum absolute atomic E-state index is 0.312. The molecule has 0 aliphatic rings. The van der Waals surface area contributed by atoms with Crippen molar-refractivity contribution in [3.05, 3.63) is 40.7 Å². The standard InChI is InChI=1S/C13H15ClN4O/c1-3-18-12(10(15)7-16-18)13(19)17-11-8(2)5-4-6-9(11)14/h4-7H,3,15H2,1-2H3,(H,17,19). The first kappa shape index (κ1) is 13.4. The van der Waals surface area contributed by atoms with Gasteiger partial charge < -0.3 is 11.1 Å². The molecule has 1 amide bonds. The van der Waals surface area contributed by atoms with Gasteiger partial charge in [-0.15, -0.1) is 0 Å². The van der Waals surface area contributed by atoms with Gasteiger partial charge in [-0.05, 0) is 25.5 Å². The Hall–Kier alpha value is -2.01. The highest BCUT2D eigenvalue weighted by molar-refractivity contribution is 6.34. The summed E-state index contributed by atoms with van der Waals surface area (Å²) in [6, 6.07) is 5.44. The SMILES string of the molecule is CCn1ncc(N)c1C(=O)Nc1c(C)cccc1Cl. The summed E-state index contributed by atoms with van der Waals surface area (Å²) in [5.41, 5.74) is 7.96. The number of hydrogen-bond donors (Lipinski definition) is 2. The van der Waals surface area contributed by atoms with Gasteiger partial charge in [0, 0.05) is 6.54 Å². The minimum atomic E-state index is -0.312. The van der Waals surface area contributed by atoms with Crippen LogP contribution in [0, 0.1) is 6.92 Å². The van der Waals surface area contributed by atoms with Crippen LogP contribution < -0.4 is 11.1 Å². The summed E-state index contributed by atoms with van der Waals surface area (Å²) in [6.07, 6.45) is 1.47. The van der Waals surface area contributed by atoms with Crippen molar-refractivity contribution in [2.75, 3.05) is 11.1 Å². The number of aryl methyl sites for hydroxylation is 2.